The minimum atomic E-state index is 0.465. The molecule has 0 N–H and O–H groups in total. The molecule has 0 radical (unpaired) electrons. The summed E-state index contributed by atoms with van der Waals surface area (Å²) in [5.74, 6) is 1.73. The molecule has 1 aliphatic heterocycles. The van der Waals surface area contributed by atoms with Crippen LogP contribution < -0.4 is 4.90 Å². The number of nitrogens with zero attached hydrogens (tertiary/aromatic N) is 3. The predicted molar refractivity (Wildman–Crippen MR) is 57.6 cm³/mol. The summed E-state index contributed by atoms with van der Waals surface area (Å²) in [4.78, 5) is 6.32. The normalized spacial score (nSPS) is 15.1. The fourth-order valence-corrected chi connectivity index (χ4v) is 2.21. The van der Waals surface area contributed by atoms with Gasteiger partial charge in [-0.2, -0.15) is 5.26 Å². The molecule has 0 amide bonds. The topological polar surface area (TPSA) is 39.9 Å². The van der Waals surface area contributed by atoms with E-state index in [1.807, 2.05) is 25.1 Å². The van der Waals surface area contributed by atoms with Gasteiger partial charge in [-0.3, -0.25) is 0 Å². The summed E-state index contributed by atoms with van der Waals surface area (Å²) in [6, 6.07) is 7.53. The molecule has 1 aromatic heterocycles. The number of aromatic nitrogens is 1. The molecule has 0 saturated carbocycles. The molecule has 0 spiro atoms. The maximum Gasteiger partial charge on any atom is 0.142 e. The maximum atomic E-state index is 8.72. The van der Waals surface area contributed by atoms with Crippen molar-refractivity contribution in [2.75, 3.05) is 10.8 Å². The Hall–Kier alpha value is -1.47. The number of anilines is 1. The van der Waals surface area contributed by atoms with E-state index in [1.165, 1.54) is 5.70 Å². The number of hydrogen-bond acceptors (Lipinski definition) is 4. The van der Waals surface area contributed by atoms with Gasteiger partial charge in [0.1, 0.15) is 17.6 Å². The van der Waals surface area contributed by atoms with Crippen LogP contribution in [-0.2, 0) is 0 Å². The summed E-state index contributed by atoms with van der Waals surface area (Å²) in [6.45, 7) is 2.04. The van der Waals surface area contributed by atoms with Gasteiger partial charge in [0, 0.05) is 5.70 Å². The molecule has 2 rings (SSSR count). The molecule has 0 fully saturated rings. The van der Waals surface area contributed by atoms with E-state index in [2.05, 4.69) is 15.3 Å². The Morgan fingerprint density at radius 3 is 3.07 bits per heavy atom. The molecule has 0 atom stereocenters. The van der Waals surface area contributed by atoms with Gasteiger partial charge in [0.05, 0.1) is 5.88 Å². The minimum Gasteiger partial charge on any atom is -0.320 e. The van der Waals surface area contributed by atoms with Gasteiger partial charge < -0.3 is 4.90 Å². The monoisotopic (exact) mass is 203 g/mol. The van der Waals surface area contributed by atoms with Crippen molar-refractivity contribution in [2.45, 2.75) is 6.92 Å². The quantitative estimate of drug-likeness (QED) is 0.702. The average molecular weight is 203 g/mol. The lowest BCUT2D eigenvalue weighted by Crippen LogP contribution is -2.17. The Bertz CT molecular complexity index is 420. The van der Waals surface area contributed by atoms with Gasteiger partial charge in [-0.1, -0.05) is 6.07 Å². The van der Waals surface area contributed by atoms with Gasteiger partial charge in [-0.05, 0) is 24.5 Å². The number of rotatable bonds is 1. The fourth-order valence-electron chi connectivity index (χ4n) is 1.28. The van der Waals surface area contributed by atoms with E-state index >= 15 is 0 Å². The lowest BCUT2D eigenvalue weighted by atomic mass is 10.3. The van der Waals surface area contributed by atoms with Crippen LogP contribution >= 0.6 is 11.8 Å². The first-order valence-electron chi connectivity index (χ1n) is 4.24. The average Bonchev–Trinajstić information content (AvgIpc) is 2.65. The van der Waals surface area contributed by atoms with E-state index in [-0.39, 0.29) is 0 Å². The van der Waals surface area contributed by atoms with Crippen LogP contribution in [0.2, 0.25) is 0 Å². The predicted octanol–water partition coefficient (Wildman–Crippen LogP) is 2.33. The summed E-state index contributed by atoms with van der Waals surface area (Å²) in [5, 5.41) is 10.8. The third-order valence-electron chi connectivity index (χ3n) is 2.01. The van der Waals surface area contributed by atoms with Crippen LogP contribution in [-0.4, -0.2) is 10.9 Å². The zero-order valence-electron chi connectivity index (χ0n) is 7.77. The zero-order valence-corrected chi connectivity index (χ0v) is 8.58. The summed E-state index contributed by atoms with van der Waals surface area (Å²) in [6.07, 6.45) is 0. The highest BCUT2D eigenvalue weighted by Gasteiger charge is 2.14. The van der Waals surface area contributed by atoms with Crippen LogP contribution in [0.25, 0.3) is 0 Å². The molecule has 0 unspecified atom stereocenters. The van der Waals surface area contributed by atoms with Crippen molar-refractivity contribution in [3.05, 3.63) is 35.0 Å². The molecule has 0 aliphatic carbocycles. The van der Waals surface area contributed by atoms with E-state index in [0.717, 1.165) is 11.7 Å². The van der Waals surface area contributed by atoms with Crippen molar-refractivity contribution in [3.63, 3.8) is 0 Å². The largest absolute Gasteiger partial charge is 0.320 e. The Labute approximate surface area is 87.1 Å². The van der Waals surface area contributed by atoms with E-state index in [9.17, 15) is 0 Å². The first kappa shape index (κ1) is 9.10. The van der Waals surface area contributed by atoms with Crippen LogP contribution in [0.1, 0.15) is 12.6 Å². The lowest BCUT2D eigenvalue weighted by molar-refractivity contribution is 1.03. The minimum absolute atomic E-state index is 0.465. The Kier molecular flexibility index (Phi) is 2.42. The second-order valence-electron chi connectivity index (χ2n) is 2.98. The van der Waals surface area contributed by atoms with Crippen LogP contribution in [0.15, 0.2) is 29.3 Å². The van der Waals surface area contributed by atoms with Crippen LogP contribution in [0, 0.1) is 11.3 Å². The highest BCUT2D eigenvalue weighted by atomic mass is 32.2. The Balaban J connectivity index is 2.33. The fraction of sp³-hybridized carbons (Fsp3) is 0.200. The summed E-state index contributed by atoms with van der Waals surface area (Å²) in [7, 11) is 0. The molecule has 0 bridgehead atoms. The van der Waals surface area contributed by atoms with E-state index in [0.29, 0.717) is 5.69 Å². The van der Waals surface area contributed by atoms with E-state index in [1.54, 1.807) is 17.8 Å². The van der Waals surface area contributed by atoms with Crippen molar-refractivity contribution in [1.82, 2.24) is 4.98 Å². The van der Waals surface area contributed by atoms with Gasteiger partial charge in [0.15, 0.2) is 0 Å². The van der Waals surface area contributed by atoms with Crippen LogP contribution in [0.3, 0.4) is 0 Å². The highest BCUT2D eigenvalue weighted by molar-refractivity contribution is 8.02. The SMILES string of the molecule is CC1=CSCN1c1cccc(C#N)n1. The second-order valence-corrected chi connectivity index (χ2v) is 3.80. The third kappa shape index (κ3) is 1.59. The number of pyridine rings is 1. The molecule has 14 heavy (non-hydrogen) atoms. The van der Waals surface area contributed by atoms with Gasteiger partial charge in [0.2, 0.25) is 0 Å². The van der Waals surface area contributed by atoms with Crippen molar-refractivity contribution < 1.29 is 0 Å². The van der Waals surface area contributed by atoms with Gasteiger partial charge in [-0.25, -0.2) is 4.98 Å². The van der Waals surface area contributed by atoms with E-state index < -0.39 is 0 Å². The number of allylic oxidation sites excluding steroid dienone is 1. The molecule has 0 aromatic carbocycles. The van der Waals surface area contributed by atoms with E-state index in [4.69, 9.17) is 5.26 Å². The molecular formula is C10H9N3S. The molecule has 70 valence electrons. The van der Waals surface area contributed by atoms with Gasteiger partial charge >= 0.3 is 0 Å². The van der Waals surface area contributed by atoms with Crippen molar-refractivity contribution in [2.24, 2.45) is 0 Å². The molecule has 0 saturated heterocycles. The van der Waals surface area contributed by atoms with Crippen molar-refractivity contribution in [3.8, 4) is 6.07 Å². The smallest absolute Gasteiger partial charge is 0.142 e. The zero-order chi connectivity index (χ0) is 9.97. The van der Waals surface area contributed by atoms with Crippen molar-refractivity contribution >= 4 is 17.6 Å². The maximum absolute atomic E-state index is 8.72. The molecule has 2 heterocycles. The van der Waals surface area contributed by atoms with Crippen LogP contribution in [0.5, 0.6) is 0 Å². The number of hydrogen-bond donors (Lipinski definition) is 0. The van der Waals surface area contributed by atoms with Gasteiger partial charge in [-0.15, -0.1) is 11.8 Å². The Morgan fingerprint density at radius 1 is 1.57 bits per heavy atom. The molecule has 1 aromatic rings. The number of nitriles is 1. The first-order chi connectivity index (χ1) is 6.81. The Morgan fingerprint density at radius 2 is 2.43 bits per heavy atom. The lowest BCUT2D eigenvalue weighted by Gasteiger charge is -2.17. The summed E-state index contributed by atoms with van der Waals surface area (Å²) >= 11 is 1.74. The summed E-state index contributed by atoms with van der Waals surface area (Å²) in [5.41, 5.74) is 1.64. The molecule has 1 aliphatic rings. The third-order valence-corrected chi connectivity index (χ3v) is 2.92. The molecular weight excluding hydrogens is 194 g/mol. The molecule has 3 nitrogen and oxygen atoms in total. The number of thioether (sulfide) groups is 1. The summed E-state index contributed by atoms with van der Waals surface area (Å²) < 4.78 is 0. The van der Waals surface area contributed by atoms with Gasteiger partial charge in [0.25, 0.3) is 0 Å². The standard InChI is InChI=1S/C10H9N3S/c1-8-6-14-7-13(8)10-4-2-3-9(5-11)12-10/h2-4,6H,7H2,1H3. The first-order valence-corrected chi connectivity index (χ1v) is 5.29. The second kappa shape index (κ2) is 3.72. The van der Waals surface area contributed by atoms with Crippen LogP contribution in [0.4, 0.5) is 5.82 Å². The molecule has 4 heteroatoms. The highest BCUT2D eigenvalue weighted by Crippen LogP contribution is 2.27. The van der Waals surface area contributed by atoms with Crippen molar-refractivity contribution in [1.29, 1.82) is 5.26 Å².